The normalized spacial score (nSPS) is 16.1. The van der Waals surface area contributed by atoms with Crippen molar-refractivity contribution in [3.05, 3.63) is 23.9 Å². The van der Waals surface area contributed by atoms with Gasteiger partial charge >= 0.3 is 0 Å². The van der Waals surface area contributed by atoms with Crippen molar-refractivity contribution in [2.24, 2.45) is 0 Å². The Bertz CT molecular complexity index is 577. The molecule has 112 valence electrons. The Kier molecular flexibility index (Phi) is 4.50. The van der Waals surface area contributed by atoms with E-state index in [2.05, 4.69) is 45.7 Å². The summed E-state index contributed by atoms with van der Waals surface area (Å²) < 4.78 is 1.91. The maximum absolute atomic E-state index is 4.52. The number of aromatic nitrogens is 5. The molecule has 1 aliphatic rings. The van der Waals surface area contributed by atoms with E-state index in [4.69, 9.17) is 0 Å². The van der Waals surface area contributed by atoms with Crippen LogP contribution in [0.2, 0.25) is 0 Å². The lowest BCUT2D eigenvalue weighted by Gasteiger charge is -2.13. The molecule has 0 aromatic carbocycles. The third-order valence-electron chi connectivity index (χ3n) is 3.51. The SMILES string of the molecule is CCCNC(C)c1ccc(Sc2nnnn2C2CC2)nc1. The van der Waals surface area contributed by atoms with Crippen molar-refractivity contribution < 1.29 is 0 Å². The molecule has 1 fully saturated rings. The van der Waals surface area contributed by atoms with Gasteiger partial charge in [-0.05, 0) is 66.5 Å². The molecule has 1 atom stereocenters. The maximum Gasteiger partial charge on any atom is 0.215 e. The van der Waals surface area contributed by atoms with E-state index in [0.29, 0.717) is 12.1 Å². The van der Waals surface area contributed by atoms with E-state index in [9.17, 15) is 0 Å². The van der Waals surface area contributed by atoms with E-state index in [0.717, 1.165) is 23.1 Å². The van der Waals surface area contributed by atoms with Gasteiger partial charge in [-0.25, -0.2) is 9.67 Å². The lowest BCUT2D eigenvalue weighted by molar-refractivity contribution is 0.564. The van der Waals surface area contributed by atoms with Crippen LogP contribution in [0, 0.1) is 0 Å². The van der Waals surface area contributed by atoms with Gasteiger partial charge in [-0.1, -0.05) is 13.0 Å². The largest absolute Gasteiger partial charge is 0.310 e. The molecule has 1 unspecified atom stereocenters. The van der Waals surface area contributed by atoms with Crippen LogP contribution in [0.3, 0.4) is 0 Å². The van der Waals surface area contributed by atoms with E-state index in [1.807, 2.05) is 16.9 Å². The summed E-state index contributed by atoms with van der Waals surface area (Å²) in [6.45, 7) is 5.35. The average Bonchev–Trinajstić information content (AvgIpc) is 3.26. The van der Waals surface area contributed by atoms with Crippen molar-refractivity contribution in [1.29, 1.82) is 0 Å². The van der Waals surface area contributed by atoms with Gasteiger partial charge < -0.3 is 5.32 Å². The second kappa shape index (κ2) is 6.53. The summed E-state index contributed by atoms with van der Waals surface area (Å²) in [5, 5.41) is 17.1. The van der Waals surface area contributed by atoms with Crippen LogP contribution in [0.1, 0.15) is 50.8 Å². The van der Waals surface area contributed by atoms with Crippen molar-refractivity contribution in [3.8, 4) is 0 Å². The summed E-state index contributed by atoms with van der Waals surface area (Å²) in [6, 6.07) is 4.97. The fourth-order valence-electron chi connectivity index (χ4n) is 2.08. The third kappa shape index (κ3) is 3.59. The Morgan fingerprint density at radius 2 is 2.29 bits per heavy atom. The first-order valence-corrected chi connectivity index (χ1v) is 8.24. The first-order valence-electron chi connectivity index (χ1n) is 7.43. The van der Waals surface area contributed by atoms with Crippen LogP contribution >= 0.6 is 11.8 Å². The smallest absolute Gasteiger partial charge is 0.215 e. The standard InChI is InChI=1S/C14H20N6S/c1-3-8-15-10(2)11-4-7-13(16-9-11)21-14-17-18-19-20(14)12-5-6-12/h4,7,9-10,12,15H,3,5-6,8H2,1-2H3. The van der Waals surface area contributed by atoms with Gasteiger partial charge in [0, 0.05) is 12.2 Å². The molecule has 1 N–H and O–H groups in total. The molecule has 0 saturated heterocycles. The number of nitrogens with one attached hydrogen (secondary N) is 1. The van der Waals surface area contributed by atoms with Crippen molar-refractivity contribution >= 4 is 11.8 Å². The number of tetrazole rings is 1. The summed E-state index contributed by atoms with van der Waals surface area (Å²) >= 11 is 1.52. The van der Waals surface area contributed by atoms with Gasteiger partial charge in [0.2, 0.25) is 5.16 Å². The van der Waals surface area contributed by atoms with Crippen LogP contribution in [0.4, 0.5) is 0 Å². The molecule has 3 rings (SSSR count). The van der Waals surface area contributed by atoms with E-state index in [-0.39, 0.29) is 0 Å². The second-order valence-corrected chi connectivity index (χ2v) is 6.33. The zero-order valence-corrected chi connectivity index (χ0v) is 13.2. The number of hydrogen-bond donors (Lipinski definition) is 1. The zero-order valence-electron chi connectivity index (χ0n) is 12.4. The summed E-state index contributed by atoms with van der Waals surface area (Å²) in [5.74, 6) is 0. The van der Waals surface area contributed by atoms with Gasteiger partial charge in [-0.3, -0.25) is 0 Å². The van der Waals surface area contributed by atoms with Gasteiger partial charge in [-0.2, -0.15) is 0 Å². The Morgan fingerprint density at radius 3 is 2.95 bits per heavy atom. The van der Waals surface area contributed by atoms with Crippen molar-refractivity contribution in [3.63, 3.8) is 0 Å². The molecule has 21 heavy (non-hydrogen) atoms. The molecule has 1 saturated carbocycles. The van der Waals surface area contributed by atoms with Crippen molar-refractivity contribution in [1.82, 2.24) is 30.5 Å². The van der Waals surface area contributed by atoms with Crippen LogP contribution in [-0.4, -0.2) is 31.7 Å². The van der Waals surface area contributed by atoms with Crippen LogP contribution in [0.15, 0.2) is 28.5 Å². The predicted molar refractivity (Wildman–Crippen MR) is 81.2 cm³/mol. The number of pyridine rings is 1. The van der Waals surface area contributed by atoms with Gasteiger partial charge in [0.1, 0.15) is 5.03 Å². The van der Waals surface area contributed by atoms with E-state index < -0.39 is 0 Å². The molecule has 7 heteroatoms. The lowest BCUT2D eigenvalue weighted by atomic mass is 10.1. The Balaban J connectivity index is 1.65. The number of rotatable bonds is 7. The summed E-state index contributed by atoms with van der Waals surface area (Å²) in [6.07, 6.45) is 5.41. The molecule has 2 aromatic heterocycles. The Morgan fingerprint density at radius 1 is 1.43 bits per heavy atom. The highest BCUT2D eigenvalue weighted by atomic mass is 32.2. The summed E-state index contributed by atoms with van der Waals surface area (Å²) in [7, 11) is 0. The molecule has 0 amide bonds. The maximum atomic E-state index is 4.52. The zero-order chi connectivity index (χ0) is 14.7. The van der Waals surface area contributed by atoms with E-state index in [1.165, 1.54) is 30.2 Å². The van der Waals surface area contributed by atoms with Crippen LogP contribution in [-0.2, 0) is 0 Å². The molecule has 2 heterocycles. The van der Waals surface area contributed by atoms with Gasteiger partial charge in [0.15, 0.2) is 0 Å². The minimum absolute atomic E-state index is 0.327. The van der Waals surface area contributed by atoms with Gasteiger partial charge in [0.25, 0.3) is 0 Å². The Labute approximate surface area is 128 Å². The first-order chi connectivity index (χ1) is 10.3. The fourth-order valence-corrected chi connectivity index (χ4v) is 2.87. The lowest BCUT2D eigenvalue weighted by Crippen LogP contribution is -2.19. The topological polar surface area (TPSA) is 68.5 Å². The monoisotopic (exact) mass is 304 g/mol. The average molecular weight is 304 g/mol. The number of nitrogens with zero attached hydrogens (tertiary/aromatic N) is 5. The summed E-state index contributed by atoms with van der Waals surface area (Å²) in [5.41, 5.74) is 1.20. The minimum Gasteiger partial charge on any atom is -0.310 e. The first kappa shape index (κ1) is 14.5. The Hall–Kier alpha value is -1.47. The van der Waals surface area contributed by atoms with Crippen molar-refractivity contribution in [2.45, 2.75) is 55.4 Å². The van der Waals surface area contributed by atoms with Gasteiger partial charge in [0.05, 0.1) is 6.04 Å². The molecule has 0 radical (unpaired) electrons. The summed E-state index contributed by atoms with van der Waals surface area (Å²) in [4.78, 5) is 4.52. The third-order valence-corrected chi connectivity index (χ3v) is 4.41. The fraction of sp³-hybridized carbons (Fsp3) is 0.571. The molecule has 0 bridgehead atoms. The second-order valence-electron chi connectivity index (χ2n) is 5.34. The predicted octanol–water partition coefficient (Wildman–Crippen LogP) is 2.61. The molecular formula is C14H20N6S. The molecule has 0 aliphatic heterocycles. The molecule has 0 spiro atoms. The molecular weight excluding hydrogens is 284 g/mol. The molecule has 6 nitrogen and oxygen atoms in total. The minimum atomic E-state index is 0.327. The highest BCUT2D eigenvalue weighted by Gasteiger charge is 2.28. The highest BCUT2D eigenvalue weighted by molar-refractivity contribution is 7.99. The van der Waals surface area contributed by atoms with Crippen LogP contribution in [0.5, 0.6) is 0 Å². The van der Waals surface area contributed by atoms with Crippen LogP contribution in [0.25, 0.3) is 0 Å². The molecule has 2 aromatic rings. The van der Waals surface area contributed by atoms with E-state index in [1.54, 1.807) is 0 Å². The van der Waals surface area contributed by atoms with Crippen molar-refractivity contribution in [2.75, 3.05) is 6.54 Å². The number of hydrogen-bond acceptors (Lipinski definition) is 6. The quantitative estimate of drug-likeness (QED) is 0.848. The van der Waals surface area contributed by atoms with Crippen LogP contribution < -0.4 is 5.32 Å². The van der Waals surface area contributed by atoms with E-state index >= 15 is 0 Å². The highest BCUT2D eigenvalue weighted by Crippen LogP contribution is 2.37. The van der Waals surface area contributed by atoms with Gasteiger partial charge in [-0.15, -0.1) is 5.10 Å². The molecule has 1 aliphatic carbocycles.